The van der Waals surface area contributed by atoms with Crippen LogP contribution in [0.25, 0.3) is 0 Å². The van der Waals surface area contributed by atoms with Gasteiger partial charge in [0.1, 0.15) is 73.1 Å². The first-order valence-electron chi connectivity index (χ1n) is 15.1. The number of aliphatic hydroxyl groups excluding tert-OH is 5. The predicted molar refractivity (Wildman–Crippen MR) is 159 cm³/mol. The van der Waals surface area contributed by atoms with Crippen LogP contribution in [0.2, 0.25) is 0 Å². The predicted octanol–water partition coefficient (Wildman–Crippen LogP) is -30.6. The number of aliphatic hydroxyl groups is 5. The molecule has 3 aliphatic heterocycles. The van der Waals surface area contributed by atoms with Crippen molar-refractivity contribution < 1.29 is 314 Å². The number of hydrogen-bond acceptors (Lipinski definition) is 30. The van der Waals surface area contributed by atoms with Crippen molar-refractivity contribution in [2.75, 3.05) is 26.4 Å². The van der Waals surface area contributed by atoms with Gasteiger partial charge in [-0.25, -0.2) is 56.3 Å². The summed E-state index contributed by atoms with van der Waals surface area (Å²) in [5.74, 6) is -2.42. The first-order chi connectivity index (χ1) is 26.3. The molecule has 15 atom stereocenters. The van der Waals surface area contributed by atoms with Gasteiger partial charge in [-0.3, -0.25) is 8.37 Å². The van der Waals surface area contributed by atoms with Gasteiger partial charge in [-0.15, -0.1) is 0 Å². The number of aliphatic carboxylic acids is 1. The number of carbonyl (C=O) groups excluding carboxylic acids is 1. The molecule has 3 fully saturated rings. The van der Waals surface area contributed by atoms with Gasteiger partial charge in [-0.1, -0.05) is 0 Å². The molecule has 0 aromatic rings. The van der Waals surface area contributed by atoms with Crippen molar-refractivity contribution in [2.45, 2.75) is 92.0 Å². The average molecular weight is 1090 g/mol. The van der Waals surface area contributed by atoms with Gasteiger partial charge in [0.15, 0.2) is 49.8 Å². The van der Waals surface area contributed by atoms with Gasteiger partial charge in [0, 0.05) is 6.54 Å². The Morgan fingerprint density at radius 2 is 0.969 bits per heavy atom. The molecule has 0 radical (unpaired) electrons. The molecule has 33 nitrogen and oxygen atoms in total. The van der Waals surface area contributed by atoms with Crippen LogP contribution >= 0.6 is 0 Å². The molecule has 0 spiro atoms. The normalized spacial score (nSPS) is 33.6. The van der Waals surface area contributed by atoms with E-state index in [4.69, 9.17) is 28.4 Å². The van der Waals surface area contributed by atoms with Crippen molar-refractivity contribution in [1.29, 1.82) is 0 Å². The number of carbonyl (C=O) groups is 1. The molecule has 3 aliphatic rings. The molecule has 0 aliphatic carbocycles. The Morgan fingerprint density at radius 3 is 1.41 bits per heavy atom. The van der Waals surface area contributed by atoms with Crippen molar-refractivity contribution in [3.05, 3.63) is 0 Å². The van der Waals surface area contributed by atoms with Crippen molar-refractivity contribution >= 4 is 57.7 Å². The number of carboxylic acids is 1. The number of hydrogen-bond donors (Lipinski definition) is 8. The summed E-state index contributed by atoms with van der Waals surface area (Å²) in [4.78, 5) is 12.2. The fraction of sp³-hybridized carbons (Fsp3) is 0.950. The standard InChI is InChI=1S/C20H37N3O30S5.6Na/c24-9-5(3-47-57(40,41)42)49-19(7(10(9)25)22-55(34,35)36)52-15-12(27)13(28)20(53-16(15)17(29)30)51-14-6(4-48-58(43,44)45)50-18(46-2-1-21-54(31,32)33)8(11(14)26)23-56(37,38)39;;;;;;/h5-16,18-28H,1-4H2,(H,29,30)(H,31,32,33)(H,34,35,36)(H,37,38,39)(H,40,41,42)(H,43,44,45);;;;;;/q;6*+1/p-6/t5-,6-,7-,8-,9-,10-,11-,12-,13-,14-,15+,16+,18+,19-,20-;;;;;;/m1....../s1. The quantitative estimate of drug-likeness (QED) is 0.0243. The minimum atomic E-state index is -5.66. The number of ether oxygens (including phenoxy) is 6. The van der Waals surface area contributed by atoms with Crippen LogP contribution in [-0.2, 0) is 93.3 Å². The zero-order valence-corrected chi connectivity index (χ0v) is 50.1. The molecule has 0 bridgehead atoms. The van der Waals surface area contributed by atoms with E-state index in [0.717, 1.165) is 0 Å². The molecule has 3 saturated heterocycles. The zero-order valence-electron chi connectivity index (χ0n) is 34.0. The molecule has 0 aromatic heterocycles. The van der Waals surface area contributed by atoms with Crippen molar-refractivity contribution in [1.82, 2.24) is 14.2 Å². The summed E-state index contributed by atoms with van der Waals surface area (Å²) in [6, 6.07) is -4.85. The van der Waals surface area contributed by atoms with Crippen LogP contribution in [-0.4, -0.2) is 215 Å². The Morgan fingerprint density at radius 1 is 0.531 bits per heavy atom. The first kappa shape index (κ1) is 74.9. The van der Waals surface area contributed by atoms with Crippen LogP contribution in [0.3, 0.4) is 0 Å². The summed E-state index contributed by atoms with van der Waals surface area (Å²) in [7, 11) is -27.6. The van der Waals surface area contributed by atoms with Gasteiger partial charge in [-0.05, 0) is 0 Å². The van der Waals surface area contributed by atoms with Gasteiger partial charge >= 0.3 is 177 Å². The van der Waals surface area contributed by atoms with E-state index in [9.17, 15) is 100 Å². The summed E-state index contributed by atoms with van der Waals surface area (Å²) in [6.45, 7) is -4.73. The fourth-order valence-corrected chi connectivity index (χ4v) is 7.48. The Bertz CT molecular complexity index is 1990. The maximum Gasteiger partial charge on any atom is 1.00 e. The van der Waals surface area contributed by atoms with E-state index in [-0.39, 0.29) is 177 Å². The maximum absolute atomic E-state index is 12.2. The molecule has 3 heterocycles. The van der Waals surface area contributed by atoms with Gasteiger partial charge < -0.3 is 86.6 Å². The zero-order chi connectivity index (χ0) is 44.3. The molecule has 0 amide bonds. The van der Waals surface area contributed by atoms with E-state index in [1.54, 1.807) is 0 Å². The van der Waals surface area contributed by atoms with E-state index in [2.05, 4.69) is 8.37 Å². The minimum absolute atomic E-state index is 0. The topological polar surface area (TPSA) is 537 Å². The van der Waals surface area contributed by atoms with Crippen LogP contribution in [0.15, 0.2) is 0 Å². The summed E-state index contributed by atoms with van der Waals surface area (Å²) < 4.78 is 211. The number of nitrogens with one attached hydrogen (secondary N) is 3. The number of rotatable bonds is 20. The molecule has 0 saturated carbocycles. The fourth-order valence-electron chi connectivity index (χ4n) is 5.38. The van der Waals surface area contributed by atoms with E-state index in [0.29, 0.717) is 0 Å². The second-order valence-corrected chi connectivity index (χ2v) is 17.4. The molecular formula is C20H31N3Na6O30S5. The van der Waals surface area contributed by atoms with Gasteiger partial charge in [0.2, 0.25) is 20.8 Å². The van der Waals surface area contributed by atoms with Crippen molar-refractivity contribution in [3.8, 4) is 0 Å². The third kappa shape index (κ3) is 25.1. The Labute approximate surface area is 497 Å². The number of carboxylic acid groups (broad SMARTS) is 1. The van der Waals surface area contributed by atoms with Crippen molar-refractivity contribution in [3.63, 3.8) is 0 Å². The first-order valence-corrected chi connectivity index (χ1v) is 22.0. The monoisotopic (exact) mass is 1090 g/mol. The molecule has 0 unspecified atom stereocenters. The third-order valence-electron chi connectivity index (χ3n) is 7.71. The molecule has 8 N–H and O–H groups in total. The van der Waals surface area contributed by atoms with Crippen LogP contribution in [0.1, 0.15) is 0 Å². The summed E-state index contributed by atoms with van der Waals surface area (Å²) in [5, 5.41) is 66.0. The summed E-state index contributed by atoms with van der Waals surface area (Å²) in [5.41, 5.74) is 0. The Balaban J connectivity index is -0.00000300. The second kappa shape index (κ2) is 31.3. The molecule has 342 valence electrons. The van der Waals surface area contributed by atoms with Crippen LogP contribution in [0.5, 0.6) is 0 Å². The van der Waals surface area contributed by atoms with Gasteiger partial charge in [0.25, 0.3) is 0 Å². The van der Waals surface area contributed by atoms with Crippen molar-refractivity contribution in [2.24, 2.45) is 0 Å². The van der Waals surface area contributed by atoms with E-state index >= 15 is 0 Å². The average Bonchev–Trinajstić information content (AvgIpc) is 3.04. The third-order valence-corrected chi connectivity index (χ3v) is 10.2. The molecule has 0 aromatic carbocycles. The van der Waals surface area contributed by atoms with Gasteiger partial charge in [0.05, 0.1) is 25.8 Å². The molecular weight excluding hydrogens is 1060 g/mol. The van der Waals surface area contributed by atoms with Crippen LogP contribution in [0, 0.1) is 0 Å². The Kier molecular flexibility index (Phi) is 36.6. The maximum atomic E-state index is 12.2. The molecule has 44 heteroatoms. The summed E-state index contributed by atoms with van der Waals surface area (Å²) >= 11 is 0. The minimum Gasteiger partial charge on any atom is -0.735 e. The van der Waals surface area contributed by atoms with Crippen LogP contribution in [0.4, 0.5) is 0 Å². The van der Waals surface area contributed by atoms with Gasteiger partial charge in [-0.2, -0.15) is 0 Å². The summed E-state index contributed by atoms with van der Waals surface area (Å²) in [6.07, 6.45) is -32.8. The molecule has 64 heavy (non-hydrogen) atoms. The van der Waals surface area contributed by atoms with E-state index < -0.39 is 176 Å². The molecule has 3 rings (SSSR count). The largest absolute Gasteiger partial charge is 1.00 e. The van der Waals surface area contributed by atoms with Crippen LogP contribution < -0.4 is 197 Å². The Hall–Kier alpha value is 4.38. The van der Waals surface area contributed by atoms with E-state index in [1.165, 1.54) is 14.2 Å². The smallest absolute Gasteiger partial charge is 0.735 e. The SMILES string of the molecule is O=C([O-])[C@H]1O[C@@H](O[C@H]2[C@H](O)[C@@H](NS(=O)(=O)[O-])[C@@H](OCCNS(=O)(=O)[O-])O[C@@H]2COS(=O)(=O)[O-])[C@H](O)[C@@H](O)[C@@H]1O[C@H]1O[C@H](COS(=O)(=O)[O-])[C@@H](O)[C@H](O)[C@H]1NS(=O)(=O)[O-].[Na+].[Na+].[Na+].[Na+].[Na+].[Na+]. The van der Waals surface area contributed by atoms with E-state index in [1.807, 2.05) is 0 Å². The second-order valence-electron chi connectivity index (χ2n) is 11.8.